The molecule has 0 spiro atoms. The van der Waals surface area contributed by atoms with E-state index in [0.717, 1.165) is 0 Å². The molecule has 0 atom stereocenters. The number of hydrogen-bond donors (Lipinski definition) is 2. The number of anilines is 2. The van der Waals surface area contributed by atoms with Gasteiger partial charge in [-0.1, -0.05) is 12.1 Å². The normalized spacial score (nSPS) is 11.6. The number of nitrogens with zero attached hydrogens (tertiary/aromatic N) is 1. The number of likely N-dealkylation sites (N-methyl/N-ethyl adjacent to an activating group) is 1. The minimum absolute atomic E-state index is 0.121. The van der Waals surface area contributed by atoms with Crippen LogP contribution < -0.4 is 11.1 Å². The second kappa shape index (κ2) is 6.42. The Kier molecular flexibility index (Phi) is 5.17. The summed E-state index contributed by atoms with van der Waals surface area (Å²) < 4.78 is 36.0. The topological polar surface area (TPSA) is 58.4 Å². The van der Waals surface area contributed by atoms with Crippen molar-refractivity contribution in [2.75, 3.05) is 31.2 Å². The average molecular weight is 275 g/mol. The Hall–Kier alpha value is -1.76. The van der Waals surface area contributed by atoms with Crippen LogP contribution in [0.25, 0.3) is 0 Å². The highest BCUT2D eigenvalue weighted by Crippen LogP contribution is 2.19. The molecule has 0 unspecified atom stereocenters. The van der Waals surface area contributed by atoms with Crippen LogP contribution in [0.5, 0.6) is 0 Å². The summed E-state index contributed by atoms with van der Waals surface area (Å²) in [5, 5.41) is 2.55. The van der Waals surface area contributed by atoms with Crippen LogP contribution >= 0.6 is 0 Å². The number of alkyl halides is 3. The molecule has 4 nitrogen and oxygen atoms in total. The largest absolute Gasteiger partial charge is 0.397 e. The molecule has 1 amide bonds. The third kappa shape index (κ3) is 6.10. The number of para-hydroxylation sites is 2. The van der Waals surface area contributed by atoms with Crippen molar-refractivity contribution in [2.24, 2.45) is 0 Å². The van der Waals surface area contributed by atoms with Gasteiger partial charge in [0.05, 0.1) is 24.3 Å². The standard InChI is InChI=1S/C12H16F3N3O/c1-18(7-6-12(13,14)15)8-11(19)17-10-5-3-2-4-9(10)16/h2-5H,6-8,16H2,1H3,(H,17,19). The van der Waals surface area contributed by atoms with E-state index in [2.05, 4.69) is 5.32 Å². The van der Waals surface area contributed by atoms with Crippen LogP contribution in [0.3, 0.4) is 0 Å². The summed E-state index contributed by atoms with van der Waals surface area (Å²) in [6.07, 6.45) is -5.15. The van der Waals surface area contributed by atoms with Crippen molar-refractivity contribution in [3.8, 4) is 0 Å². The first-order valence-electron chi connectivity index (χ1n) is 5.67. The number of carbonyl (C=O) groups is 1. The Morgan fingerprint density at radius 3 is 2.58 bits per heavy atom. The fraction of sp³-hybridized carbons (Fsp3) is 0.417. The highest BCUT2D eigenvalue weighted by Gasteiger charge is 2.27. The molecule has 0 aromatic heterocycles. The van der Waals surface area contributed by atoms with Gasteiger partial charge in [0, 0.05) is 6.54 Å². The summed E-state index contributed by atoms with van der Waals surface area (Å²) in [6, 6.07) is 6.69. The van der Waals surface area contributed by atoms with Crippen LogP contribution in [0.1, 0.15) is 6.42 Å². The van der Waals surface area contributed by atoms with Gasteiger partial charge in [0.1, 0.15) is 0 Å². The molecular formula is C12H16F3N3O. The highest BCUT2D eigenvalue weighted by molar-refractivity contribution is 5.95. The van der Waals surface area contributed by atoms with Gasteiger partial charge in [0.2, 0.25) is 5.91 Å². The highest BCUT2D eigenvalue weighted by atomic mass is 19.4. The number of amides is 1. The van der Waals surface area contributed by atoms with Crippen molar-refractivity contribution >= 4 is 17.3 Å². The molecule has 0 saturated carbocycles. The zero-order valence-corrected chi connectivity index (χ0v) is 10.5. The maximum Gasteiger partial charge on any atom is 0.390 e. The van der Waals surface area contributed by atoms with E-state index in [1.54, 1.807) is 24.3 Å². The SMILES string of the molecule is CN(CCC(F)(F)F)CC(=O)Nc1ccccc1N. The minimum atomic E-state index is -4.21. The van der Waals surface area contributed by atoms with Gasteiger partial charge in [-0.25, -0.2) is 0 Å². The summed E-state index contributed by atoms with van der Waals surface area (Å²) in [4.78, 5) is 12.9. The maximum atomic E-state index is 12.0. The lowest BCUT2D eigenvalue weighted by molar-refractivity contribution is -0.138. The molecule has 1 aromatic carbocycles. The molecular weight excluding hydrogens is 259 g/mol. The van der Waals surface area contributed by atoms with E-state index in [1.165, 1.54) is 11.9 Å². The fourth-order valence-corrected chi connectivity index (χ4v) is 1.44. The van der Waals surface area contributed by atoms with Crippen LogP contribution in [-0.2, 0) is 4.79 Å². The number of nitrogen functional groups attached to an aromatic ring is 1. The van der Waals surface area contributed by atoms with E-state index in [1.807, 2.05) is 0 Å². The average Bonchev–Trinajstić information content (AvgIpc) is 2.29. The molecule has 0 aliphatic carbocycles. The Bertz CT molecular complexity index is 434. The third-order valence-corrected chi connectivity index (χ3v) is 2.43. The fourth-order valence-electron chi connectivity index (χ4n) is 1.44. The summed E-state index contributed by atoms with van der Waals surface area (Å²) in [5.74, 6) is -0.400. The van der Waals surface area contributed by atoms with Crippen molar-refractivity contribution in [1.82, 2.24) is 4.90 Å². The van der Waals surface area contributed by atoms with Crippen LogP contribution in [0.2, 0.25) is 0 Å². The molecule has 0 saturated heterocycles. The van der Waals surface area contributed by atoms with Gasteiger partial charge in [-0.05, 0) is 19.2 Å². The summed E-state index contributed by atoms with van der Waals surface area (Å²) >= 11 is 0. The van der Waals surface area contributed by atoms with Crippen LogP contribution in [0.15, 0.2) is 24.3 Å². The van der Waals surface area contributed by atoms with Gasteiger partial charge in [0.25, 0.3) is 0 Å². The number of nitrogens with two attached hydrogens (primary N) is 1. The first-order chi connectivity index (χ1) is 8.78. The van der Waals surface area contributed by atoms with Crippen molar-refractivity contribution in [3.05, 3.63) is 24.3 Å². The summed E-state index contributed by atoms with van der Waals surface area (Å²) in [6.45, 7) is -0.342. The minimum Gasteiger partial charge on any atom is -0.397 e. The second-order valence-electron chi connectivity index (χ2n) is 4.24. The lowest BCUT2D eigenvalue weighted by Gasteiger charge is -2.17. The lowest BCUT2D eigenvalue weighted by atomic mass is 10.2. The Morgan fingerprint density at radius 2 is 2.00 bits per heavy atom. The Morgan fingerprint density at radius 1 is 1.37 bits per heavy atom. The molecule has 0 radical (unpaired) electrons. The van der Waals surface area contributed by atoms with E-state index in [4.69, 9.17) is 5.73 Å². The van der Waals surface area contributed by atoms with E-state index in [9.17, 15) is 18.0 Å². The molecule has 106 valence electrons. The zero-order valence-electron chi connectivity index (χ0n) is 10.5. The van der Waals surface area contributed by atoms with Crippen LogP contribution in [-0.4, -0.2) is 37.1 Å². The summed E-state index contributed by atoms with van der Waals surface area (Å²) in [5.41, 5.74) is 6.50. The van der Waals surface area contributed by atoms with Crippen molar-refractivity contribution in [2.45, 2.75) is 12.6 Å². The molecule has 7 heteroatoms. The van der Waals surface area contributed by atoms with Gasteiger partial charge in [0.15, 0.2) is 0 Å². The maximum absolute atomic E-state index is 12.0. The van der Waals surface area contributed by atoms with E-state index in [-0.39, 0.29) is 13.1 Å². The lowest BCUT2D eigenvalue weighted by Crippen LogP contribution is -2.32. The van der Waals surface area contributed by atoms with E-state index < -0.39 is 18.5 Å². The second-order valence-corrected chi connectivity index (χ2v) is 4.24. The van der Waals surface area contributed by atoms with Gasteiger partial charge in [-0.15, -0.1) is 0 Å². The molecule has 19 heavy (non-hydrogen) atoms. The Labute approximate surface area is 109 Å². The van der Waals surface area contributed by atoms with Crippen LogP contribution in [0.4, 0.5) is 24.5 Å². The molecule has 1 rings (SSSR count). The van der Waals surface area contributed by atoms with Crippen molar-refractivity contribution in [1.29, 1.82) is 0 Å². The number of hydrogen-bond acceptors (Lipinski definition) is 3. The van der Waals surface area contributed by atoms with Crippen LogP contribution in [0, 0.1) is 0 Å². The van der Waals surface area contributed by atoms with Gasteiger partial charge < -0.3 is 11.1 Å². The first kappa shape index (κ1) is 15.3. The number of benzene rings is 1. The molecule has 0 bridgehead atoms. The third-order valence-electron chi connectivity index (χ3n) is 2.43. The monoisotopic (exact) mass is 275 g/mol. The van der Waals surface area contributed by atoms with Gasteiger partial charge in [-0.2, -0.15) is 13.2 Å². The zero-order chi connectivity index (χ0) is 14.5. The molecule has 3 N–H and O–H groups in total. The number of rotatable bonds is 5. The predicted molar refractivity (Wildman–Crippen MR) is 67.7 cm³/mol. The summed E-state index contributed by atoms with van der Waals surface area (Å²) in [7, 11) is 1.46. The first-order valence-corrected chi connectivity index (χ1v) is 5.67. The molecule has 1 aromatic rings. The number of carbonyl (C=O) groups excluding carboxylic acids is 1. The van der Waals surface area contributed by atoms with Gasteiger partial charge >= 0.3 is 6.18 Å². The molecule has 0 aliphatic rings. The Balaban J connectivity index is 2.41. The van der Waals surface area contributed by atoms with E-state index in [0.29, 0.717) is 11.4 Å². The number of nitrogens with one attached hydrogen (secondary N) is 1. The predicted octanol–water partition coefficient (Wildman–Crippen LogP) is 2.09. The van der Waals surface area contributed by atoms with Gasteiger partial charge in [-0.3, -0.25) is 9.69 Å². The van der Waals surface area contributed by atoms with Crippen molar-refractivity contribution in [3.63, 3.8) is 0 Å². The van der Waals surface area contributed by atoms with Crippen molar-refractivity contribution < 1.29 is 18.0 Å². The molecule has 0 aliphatic heterocycles. The smallest absolute Gasteiger partial charge is 0.390 e. The molecule has 0 heterocycles. The quantitative estimate of drug-likeness (QED) is 0.809. The number of halogens is 3. The molecule has 0 fully saturated rings. The van der Waals surface area contributed by atoms with E-state index >= 15 is 0 Å².